The van der Waals surface area contributed by atoms with Gasteiger partial charge in [0.15, 0.2) is 5.78 Å². The van der Waals surface area contributed by atoms with Crippen LogP contribution in [-0.4, -0.2) is 39.5 Å². The van der Waals surface area contributed by atoms with Crippen molar-refractivity contribution in [1.29, 1.82) is 0 Å². The SMILES string of the molecule is O=C(c1ccccc1)C1CCN(C(=O)c2cn(-c3ccccc3)nc2-c2cccs2)CC1. The number of carbonyl (C=O) groups excluding carboxylic acids is 2. The van der Waals surface area contributed by atoms with Crippen molar-refractivity contribution in [1.82, 2.24) is 14.7 Å². The van der Waals surface area contributed by atoms with Crippen molar-refractivity contribution in [3.63, 3.8) is 0 Å². The lowest BCUT2D eigenvalue weighted by atomic mass is 9.88. The molecule has 0 unspecified atom stereocenters. The van der Waals surface area contributed by atoms with Crippen LogP contribution in [0.5, 0.6) is 0 Å². The van der Waals surface area contributed by atoms with Crippen LogP contribution in [0.3, 0.4) is 0 Å². The Bertz CT molecular complexity index is 1210. The molecule has 2 aromatic carbocycles. The van der Waals surface area contributed by atoms with E-state index in [9.17, 15) is 9.59 Å². The van der Waals surface area contributed by atoms with Gasteiger partial charge in [0.25, 0.3) is 5.91 Å². The van der Waals surface area contributed by atoms with E-state index in [4.69, 9.17) is 5.10 Å². The van der Waals surface area contributed by atoms with Gasteiger partial charge in [-0.15, -0.1) is 11.3 Å². The van der Waals surface area contributed by atoms with Gasteiger partial charge >= 0.3 is 0 Å². The zero-order valence-corrected chi connectivity index (χ0v) is 18.4. The van der Waals surface area contributed by atoms with Gasteiger partial charge < -0.3 is 4.90 Å². The van der Waals surface area contributed by atoms with Crippen LogP contribution in [0.2, 0.25) is 0 Å². The summed E-state index contributed by atoms with van der Waals surface area (Å²) in [5.41, 5.74) is 2.97. The van der Waals surface area contributed by atoms with E-state index in [2.05, 4.69) is 0 Å². The third-order valence-corrected chi connectivity index (χ3v) is 6.81. The minimum atomic E-state index is -0.0368. The van der Waals surface area contributed by atoms with Gasteiger partial charge in [-0.3, -0.25) is 9.59 Å². The van der Waals surface area contributed by atoms with Crippen LogP contribution in [0.25, 0.3) is 16.3 Å². The van der Waals surface area contributed by atoms with E-state index in [1.807, 2.05) is 89.3 Å². The van der Waals surface area contributed by atoms with Crippen molar-refractivity contribution < 1.29 is 9.59 Å². The van der Waals surface area contributed by atoms with E-state index in [0.717, 1.165) is 16.1 Å². The zero-order chi connectivity index (χ0) is 21.9. The number of piperidine rings is 1. The summed E-state index contributed by atoms with van der Waals surface area (Å²) in [4.78, 5) is 29.1. The molecule has 0 radical (unpaired) electrons. The van der Waals surface area contributed by atoms with Crippen LogP contribution in [0, 0.1) is 5.92 Å². The third-order valence-electron chi connectivity index (χ3n) is 5.93. The number of rotatable bonds is 5. The van der Waals surface area contributed by atoms with Crippen molar-refractivity contribution >= 4 is 23.0 Å². The molecule has 1 amide bonds. The Morgan fingerprint density at radius 1 is 0.875 bits per heavy atom. The summed E-state index contributed by atoms with van der Waals surface area (Å²) in [6, 6.07) is 23.2. The Balaban J connectivity index is 1.37. The Labute approximate surface area is 190 Å². The second kappa shape index (κ2) is 8.93. The number of hydrogen-bond acceptors (Lipinski definition) is 4. The number of thiophene rings is 1. The van der Waals surface area contributed by atoms with Crippen LogP contribution >= 0.6 is 11.3 Å². The maximum absolute atomic E-state index is 13.5. The number of nitrogens with zero attached hydrogens (tertiary/aromatic N) is 3. The van der Waals surface area contributed by atoms with E-state index in [1.165, 1.54) is 0 Å². The fraction of sp³-hybridized carbons (Fsp3) is 0.192. The standard InChI is InChI=1S/C26H23N3O2S/c30-25(19-8-3-1-4-9-19)20-13-15-28(16-14-20)26(31)22-18-29(21-10-5-2-6-11-21)27-24(22)23-12-7-17-32-23/h1-12,17-18,20H,13-16H2. The molecule has 1 aliphatic rings. The van der Waals surface area contributed by atoms with Gasteiger partial charge in [-0.2, -0.15) is 5.10 Å². The molecule has 2 aromatic heterocycles. The smallest absolute Gasteiger partial charge is 0.257 e. The summed E-state index contributed by atoms with van der Waals surface area (Å²) < 4.78 is 1.77. The number of amides is 1. The first-order valence-electron chi connectivity index (χ1n) is 10.8. The van der Waals surface area contributed by atoms with E-state index >= 15 is 0 Å². The first-order chi connectivity index (χ1) is 15.7. The number of Topliss-reactive ketones (excluding diaryl/α,β-unsaturated/α-hetero) is 1. The summed E-state index contributed by atoms with van der Waals surface area (Å²) in [6.45, 7) is 1.14. The van der Waals surface area contributed by atoms with Crippen molar-refractivity contribution in [2.24, 2.45) is 5.92 Å². The number of likely N-dealkylation sites (tertiary alicyclic amines) is 1. The molecule has 1 fully saturated rings. The normalized spacial score (nSPS) is 14.4. The highest BCUT2D eigenvalue weighted by molar-refractivity contribution is 7.13. The molecule has 5 rings (SSSR count). The largest absolute Gasteiger partial charge is 0.338 e. The monoisotopic (exact) mass is 441 g/mol. The molecule has 0 spiro atoms. The van der Waals surface area contributed by atoms with E-state index in [-0.39, 0.29) is 17.6 Å². The predicted octanol–water partition coefficient (Wildman–Crippen LogP) is 5.34. The predicted molar refractivity (Wildman–Crippen MR) is 126 cm³/mol. The Morgan fingerprint density at radius 2 is 1.56 bits per heavy atom. The second-order valence-corrected chi connectivity index (χ2v) is 8.89. The maximum atomic E-state index is 13.5. The number of hydrogen-bond donors (Lipinski definition) is 0. The molecule has 4 aromatic rings. The molecular formula is C26H23N3O2S. The van der Waals surface area contributed by atoms with Gasteiger partial charge in [0.2, 0.25) is 0 Å². The lowest BCUT2D eigenvalue weighted by Crippen LogP contribution is -2.40. The second-order valence-electron chi connectivity index (χ2n) is 7.95. The van der Waals surface area contributed by atoms with Crippen LogP contribution < -0.4 is 0 Å². The van der Waals surface area contributed by atoms with Crippen LogP contribution in [0.4, 0.5) is 0 Å². The quantitative estimate of drug-likeness (QED) is 0.393. The number of aromatic nitrogens is 2. The average molecular weight is 442 g/mol. The highest BCUT2D eigenvalue weighted by Crippen LogP contribution is 2.30. The van der Waals surface area contributed by atoms with Crippen LogP contribution in [0.1, 0.15) is 33.6 Å². The summed E-state index contributed by atoms with van der Waals surface area (Å²) in [5.74, 6) is 0.111. The van der Waals surface area contributed by atoms with Crippen LogP contribution in [-0.2, 0) is 0 Å². The van der Waals surface area contributed by atoms with Gasteiger partial charge in [0.05, 0.1) is 16.1 Å². The molecule has 0 atom stereocenters. The summed E-state index contributed by atoms with van der Waals surface area (Å²) >= 11 is 1.57. The molecule has 0 bridgehead atoms. The number of para-hydroxylation sites is 1. The third kappa shape index (κ3) is 4.01. The van der Waals surface area contributed by atoms with Crippen LogP contribution in [0.15, 0.2) is 84.4 Å². The molecule has 0 aliphatic carbocycles. The van der Waals surface area contributed by atoms with Gasteiger partial charge in [0, 0.05) is 30.8 Å². The first kappa shape index (κ1) is 20.4. The van der Waals surface area contributed by atoms with E-state index in [1.54, 1.807) is 16.0 Å². The summed E-state index contributed by atoms with van der Waals surface area (Å²) in [5, 5.41) is 6.74. The Morgan fingerprint density at radius 3 is 2.22 bits per heavy atom. The highest BCUT2D eigenvalue weighted by Gasteiger charge is 2.30. The minimum absolute atomic E-state index is 0.0267. The molecule has 1 aliphatic heterocycles. The molecular weight excluding hydrogens is 418 g/mol. The van der Waals surface area contributed by atoms with Gasteiger partial charge in [-0.25, -0.2) is 4.68 Å². The highest BCUT2D eigenvalue weighted by atomic mass is 32.1. The molecule has 0 N–H and O–H groups in total. The zero-order valence-electron chi connectivity index (χ0n) is 17.6. The molecule has 5 nitrogen and oxygen atoms in total. The minimum Gasteiger partial charge on any atom is -0.338 e. The van der Waals surface area contributed by atoms with Crippen molar-refractivity contribution in [3.05, 3.63) is 95.5 Å². The summed E-state index contributed by atoms with van der Waals surface area (Å²) in [7, 11) is 0. The topological polar surface area (TPSA) is 55.2 Å². The number of ketones is 1. The van der Waals surface area contributed by atoms with E-state index in [0.29, 0.717) is 37.2 Å². The average Bonchev–Trinajstić information content (AvgIpc) is 3.55. The lowest BCUT2D eigenvalue weighted by Gasteiger charge is -2.31. The van der Waals surface area contributed by atoms with E-state index < -0.39 is 0 Å². The Hall–Kier alpha value is -3.51. The Kier molecular flexibility index (Phi) is 5.69. The molecule has 3 heterocycles. The van der Waals surface area contributed by atoms with Crippen molar-refractivity contribution in [3.8, 4) is 16.3 Å². The molecule has 32 heavy (non-hydrogen) atoms. The summed E-state index contributed by atoms with van der Waals surface area (Å²) in [6.07, 6.45) is 3.19. The molecule has 6 heteroatoms. The molecule has 0 saturated carbocycles. The lowest BCUT2D eigenvalue weighted by molar-refractivity contribution is 0.0651. The molecule has 1 saturated heterocycles. The van der Waals surface area contributed by atoms with Gasteiger partial charge in [-0.05, 0) is 36.4 Å². The van der Waals surface area contributed by atoms with Gasteiger partial charge in [-0.1, -0.05) is 54.6 Å². The molecule has 160 valence electrons. The van der Waals surface area contributed by atoms with Crippen molar-refractivity contribution in [2.45, 2.75) is 12.8 Å². The first-order valence-corrected chi connectivity index (χ1v) is 11.7. The number of benzene rings is 2. The van der Waals surface area contributed by atoms with Gasteiger partial charge in [0.1, 0.15) is 5.69 Å². The number of carbonyl (C=O) groups is 2. The fourth-order valence-corrected chi connectivity index (χ4v) is 4.92. The maximum Gasteiger partial charge on any atom is 0.257 e. The fourth-order valence-electron chi connectivity index (χ4n) is 4.19. The van der Waals surface area contributed by atoms with Crippen molar-refractivity contribution in [2.75, 3.05) is 13.1 Å².